The third-order valence-corrected chi connectivity index (χ3v) is 4.09. The monoisotopic (exact) mass is 321 g/mol. The highest BCUT2D eigenvalue weighted by molar-refractivity contribution is 5.83. The molecule has 2 atom stereocenters. The van der Waals surface area contributed by atoms with E-state index in [1.54, 1.807) is 13.0 Å². The van der Waals surface area contributed by atoms with Gasteiger partial charge in [0, 0.05) is 12.6 Å². The van der Waals surface area contributed by atoms with Crippen LogP contribution < -0.4 is 0 Å². The average Bonchev–Trinajstić information content (AvgIpc) is 2.53. The first-order valence-electron chi connectivity index (χ1n) is 7.29. The molecular weight excluding hydrogens is 303 g/mol. The Hall–Kier alpha value is -2.30. The van der Waals surface area contributed by atoms with Crippen molar-refractivity contribution in [1.29, 1.82) is 0 Å². The normalized spacial score (nSPS) is 13.5. The molecule has 0 radical (unpaired) electrons. The van der Waals surface area contributed by atoms with E-state index in [2.05, 4.69) is 0 Å². The number of hydrogen-bond acceptors (Lipinski definition) is 1. The van der Waals surface area contributed by atoms with E-state index >= 15 is 0 Å². The molecule has 5 heteroatoms. The van der Waals surface area contributed by atoms with Crippen LogP contribution in [0, 0.1) is 17.5 Å². The maximum atomic E-state index is 13.9. The molecule has 23 heavy (non-hydrogen) atoms. The van der Waals surface area contributed by atoms with Gasteiger partial charge >= 0.3 is 0 Å². The highest BCUT2D eigenvalue weighted by Crippen LogP contribution is 2.28. The fourth-order valence-electron chi connectivity index (χ4n) is 2.56. The van der Waals surface area contributed by atoms with Gasteiger partial charge in [-0.15, -0.1) is 0 Å². The van der Waals surface area contributed by atoms with Gasteiger partial charge in [-0.3, -0.25) is 4.79 Å². The Morgan fingerprint density at radius 2 is 1.43 bits per heavy atom. The van der Waals surface area contributed by atoms with Gasteiger partial charge in [0.25, 0.3) is 0 Å². The van der Waals surface area contributed by atoms with E-state index in [-0.39, 0.29) is 11.1 Å². The molecule has 2 unspecified atom stereocenters. The molecule has 0 aliphatic carbocycles. The van der Waals surface area contributed by atoms with Crippen LogP contribution in [0.3, 0.4) is 0 Å². The van der Waals surface area contributed by atoms with Crippen molar-refractivity contribution in [2.75, 3.05) is 7.05 Å². The first-order valence-corrected chi connectivity index (χ1v) is 7.29. The highest BCUT2D eigenvalue weighted by Gasteiger charge is 2.28. The molecule has 2 aromatic rings. The third-order valence-electron chi connectivity index (χ3n) is 4.09. The zero-order valence-electron chi connectivity index (χ0n) is 13.2. The minimum atomic E-state index is -0.807. The zero-order chi connectivity index (χ0) is 17.1. The van der Waals surface area contributed by atoms with Gasteiger partial charge in [-0.1, -0.05) is 24.3 Å². The molecule has 0 bridgehead atoms. The van der Waals surface area contributed by atoms with Crippen LogP contribution in [0.25, 0.3) is 0 Å². The summed E-state index contributed by atoms with van der Waals surface area (Å²) in [7, 11) is 1.45. The van der Waals surface area contributed by atoms with E-state index in [0.29, 0.717) is 0 Å². The van der Waals surface area contributed by atoms with Crippen LogP contribution in [0.4, 0.5) is 13.2 Å². The van der Waals surface area contributed by atoms with Crippen LogP contribution in [-0.2, 0) is 4.79 Å². The Balaban J connectivity index is 2.27. The number of carbonyl (C=O) groups is 1. The molecule has 0 saturated carbocycles. The first-order chi connectivity index (χ1) is 10.8. The second-order valence-electron chi connectivity index (χ2n) is 5.50. The molecular formula is C18H18F3NO. The lowest BCUT2D eigenvalue weighted by atomic mass is 9.97. The van der Waals surface area contributed by atoms with Crippen molar-refractivity contribution in [3.8, 4) is 0 Å². The Bertz CT molecular complexity index is 697. The van der Waals surface area contributed by atoms with Crippen LogP contribution in [-0.4, -0.2) is 17.9 Å². The number of hydrogen-bond donors (Lipinski definition) is 0. The number of benzene rings is 2. The molecule has 2 nitrogen and oxygen atoms in total. The van der Waals surface area contributed by atoms with Gasteiger partial charge in [0.1, 0.15) is 17.5 Å². The predicted octanol–water partition coefficient (Wildman–Crippen LogP) is 4.43. The minimum absolute atomic E-state index is 0.177. The molecule has 0 fully saturated rings. The molecule has 0 saturated heterocycles. The number of carbonyl (C=O) groups excluding carboxylic acids is 1. The van der Waals surface area contributed by atoms with Crippen molar-refractivity contribution in [3.05, 3.63) is 71.0 Å². The molecule has 0 aliphatic rings. The summed E-state index contributed by atoms with van der Waals surface area (Å²) in [5, 5.41) is 0. The van der Waals surface area contributed by atoms with Crippen molar-refractivity contribution < 1.29 is 18.0 Å². The van der Waals surface area contributed by atoms with E-state index in [1.807, 2.05) is 0 Å². The van der Waals surface area contributed by atoms with Crippen molar-refractivity contribution in [2.24, 2.45) is 0 Å². The summed E-state index contributed by atoms with van der Waals surface area (Å²) in [6.45, 7) is 3.11. The number of amides is 1. The van der Waals surface area contributed by atoms with Crippen molar-refractivity contribution in [1.82, 2.24) is 4.90 Å². The van der Waals surface area contributed by atoms with Gasteiger partial charge in [0.15, 0.2) is 0 Å². The van der Waals surface area contributed by atoms with E-state index in [9.17, 15) is 18.0 Å². The maximum absolute atomic E-state index is 13.9. The summed E-state index contributed by atoms with van der Waals surface area (Å²) < 4.78 is 41.6. The lowest BCUT2D eigenvalue weighted by Crippen LogP contribution is -2.34. The zero-order valence-corrected chi connectivity index (χ0v) is 13.2. The summed E-state index contributed by atoms with van der Waals surface area (Å²) in [6, 6.07) is 8.74. The van der Waals surface area contributed by atoms with Crippen molar-refractivity contribution in [2.45, 2.75) is 25.8 Å². The van der Waals surface area contributed by atoms with Crippen LogP contribution in [0.5, 0.6) is 0 Å². The highest BCUT2D eigenvalue weighted by atomic mass is 19.1. The Kier molecular flexibility index (Phi) is 5.08. The quantitative estimate of drug-likeness (QED) is 0.816. The van der Waals surface area contributed by atoms with E-state index in [0.717, 1.165) is 12.1 Å². The molecule has 0 heterocycles. The molecule has 2 aromatic carbocycles. The van der Waals surface area contributed by atoms with Gasteiger partial charge in [-0.2, -0.15) is 0 Å². The van der Waals surface area contributed by atoms with Crippen molar-refractivity contribution >= 4 is 5.91 Å². The molecule has 1 amide bonds. The SMILES string of the molecule is CC(C(=O)N(C)C(C)c1c(F)cccc1F)c1ccccc1F. The molecule has 0 aliphatic heterocycles. The fraction of sp³-hybridized carbons (Fsp3) is 0.278. The van der Waals surface area contributed by atoms with E-state index in [4.69, 9.17) is 0 Å². The summed E-state index contributed by atoms with van der Waals surface area (Å²) in [6.07, 6.45) is 0. The van der Waals surface area contributed by atoms with Crippen molar-refractivity contribution in [3.63, 3.8) is 0 Å². The smallest absolute Gasteiger partial charge is 0.230 e. The summed E-state index contributed by atoms with van der Waals surface area (Å²) >= 11 is 0. The minimum Gasteiger partial charge on any atom is -0.338 e. The van der Waals surface area contributed by atoms with Crippen LogP contribution in [0.2, 0.25) is 0 Å². The Morgan fingerprint density at radius 1 is 0.913 bits per heavy atom. The van der Waals surface area contributed by atoms with Gasteiger partial charge in [0.05, 0.1) is 12.0 Å². The summed E-state index contributed by atoms with van der Waals surface area (Å²) in [4.78, 5) is 13.8. The Morgan fingerprint density at radius 3 is 2.00 bits per heavy atom. The average molecular weight is 321 g/mol. The van der Waals surface area contributed by atoms with Gasteiger partial charge in [0.2, 0.25) is 5.91 Å². The lowest BCUT2D eigenvalue weighted by Gasteiger charge is -2.28. The van der Waals surface area contributed by atoms with Gasteiger partial charge in [-0.25, -0.2) is 13.2 Å². The predicted molar refractivity (Wildman–Crippen MR) is 82.4 cm³/mol. The molecule has 2 rings (SSSR count). The number of likely N-dealkylation sites (N-methyl/N-ethyl adjacent to an activating group) is 1. The standard InChI is InChI=1S/C18H18F3NO/c1-11(13-7-4-5-8-14(13)19)18(23)22(3)12(2)17-15(20)9-6-10-16(17)21/h4-12H,1-3H3. The lowest BCUT2D eigenvalue weighted by molar-refractivity contribution is -0.133. The molecule has 0 spiro atoms. The van der Waals surface area contributed by atoms with Crippen LogP contribution >= 0.6 is 0 Å². The first kappa shape index (κ1) is 17.1. The topological polar surface area (TPSA) is 20.3 Å². The second kappa shape index (κ2) is 6.86. The Labute approximate surface area is 133 Å². The molecule has 0 aromatic heterocycles. The van der Waals surface area contributed by atoms with E-state index in [1.165, 1.54) is 43.1 Å². The second-order valence-corrected chi connectivity index (χ2v) is 5.50. The third kappa shape index (κ3) is 3.38. The molecule has 0 N–H and O–H groups in total. The summed E-state index contributed by atoms with van der Waals surface area (Å²) in [5.74, 6) is -3.07. The van der Waals surface area contributed by atoms with Gasteiger partial charge < -0.3 is 4.90 Å². The van der Waals surface area contributed by atoms with Crippen LogP contribution in [0.15, 0.2) is 42.5 Å². The maximum Gasteiger partial charge on any atom is 0.230 e. The van der Waals surface area contributed by atoms with E-state index < -0.39 is 35.3 Å². The number of halogens is 3. The largest absolute Gasteiger partial charge is 0.338 e. The fourth-order valence-corrected chi connectivity index (χ4v) is 2.56. The van der Waals surface area contributed by atoms with Crippen LogP contribution in [0.1, 0.15) is 36.9 Å². The number of rotatable bonds is 4. The van der Waals surface area contributed by atoms with Gasteiger partial charge in [-0.05, 0) is 37.6 Å². The number of nitrogens with zero attached hydrogens (tertiary/aromatic N) is 1. The molecule has 122 valence electrons. The summed E-state index contributed by atoms with van der Waals surface area (Å²) in [5.41, 5.74) is 0.0784.